The summed E-state index contributed by atoms with van der Waals surface area (Å²) in [4.78, 5) is 21.4. The van der Waals surface area contributed by atoms with Gasteiger partial charge in [0.2, 0.25) is 5.89 Å². The molecule has 1 aromatic carbocycles. The van der Waals surface area contributed by atoms with Gasteiger partial charge < -0.3 is 14.6 Å². The Morgan fingerprint density at radius 1 is 1.25 bits per heavy atom. The van der Waals surface area contributed by atoms with E-state index in [1.807, 2.05) is 0 Å². The molecule has 0 atom stereocenters. The second-order valence-electron chi connectivity index (χ2n) is 7.84. The minimum Gasteiger partial charge on any atom is -0.447 e. The molecule has 0 bridgehead atoms. The average molecular weight is 388 g/mol. The van der Waals surface area contributed by atoms with Gasteiger partial charge in [-0.2, -0.15) is 0 Å². The number of amides is 1. The first-order chi connectivity index (χ1) is 13.4. The number of carbonyl (C=O) groups excluding carboxylic acids is 1. The van der Waals surface area contributed by atoms with Gasteiger partial charge in [0.05, 0.1) is 6.54 Å². The molecule has 1 aromatic heterocycles. The van der Waals surface area contributed by atoms with E-state index in [-0.39, 0.29) is 11.5 Å². The predicted molar refractivity (Wildman–Crippen MR) is 107 cm³/mol. The van der Waals surface area contributed by atoms with Crippen molar-refractivity contribution >= 4 is 11.6 Å². The number of carbonyl (C=O) groups is 1. The van der Waals surface area contributed by atoms with Crippen molar-refractivity contribution in [2.45, 2.75) is 33.7 Å². The molecule has 0 spiro atoms. The van der Waals surface area contributed by atoms with Crippen LogP contribution in [-0.2, 0) is 6.54 Å². The summed E-state index contributed by atoms with van der Waals surface area (Å²) in [6, 6.07) is 4.59. The molecule has 152 valence electrons. The molecule has 0 unspecified atom stereocenters. The fraction of sp³-hybridized carbons (Fsp3) is 0.524. The van der Waals surface area contributed by atoms with E-state index in [1.165, 1.54) is 18.8 Å². The number of oxazole rings is 1. The van der Waals surface area contributed by atoms with E-state index >= 15 is 0 Å². The third kappa shape index (κ3) is 5.62. The zero-order valence-electron chi connectivity index (χ0n) is 16.9. The Kier molecular flexibility index (Phi) is 6.80. The van der Waals surface area contributed by atoms with Crippen molar-refractivity contribution in [3.8, 4) is 0 Å². The number of halogens is 1. The Balaban J connectivity index is 1.49. The standard InChI is InChI=1S/C21H29FN4O2/c1-15(2)6-7-25-8-10-26(11-9-25)13-20-24-19(14-28-20)21(27)23-17-5-4-16(3)18(22)12-17/h4-5,12,14-15H,6-11,13H2,1-3H3,(H,23,27). The largest absolute Gasteiger partial charge is 0.447 e. The third-order valence-electron chi connectivity index (χ3n) is 5.06. The normalized spacial score (nSPS) is 15.9. The summed E-state index contributed by atoms with van der Waals surface area (Å²) >= 11 is 0. The third-order valence-corrected chi connectivity index (χ3v) is 5.06. The van der Waals surface area contributed by atoms with Crippen molar-refractivity contribution in [2.75, 3.05) is 38.0 Å². The summed E-state index contributed by atoms with van der Waals surface area (Å²) in [5.41, 5.74) is 1.13. The van der Waals surface area contributed by atoms with Gasteiger partial charge in [0.25, 0.3) is 5.91 Å². The maximum Gasteiger partial charge on any atom is 0.277 e. The number of piperazine rings is 1. The number of rotatable bonds is 7. The highest BCUT2D eigenvalue weighted by molar-refractivity contribution is 6.02. The second-order valence-corrected chi connectivity index (χ2v) is 7.84. The number of aromatic nitrogens is 1. The maximum atomic E-state index is 13.6. The topological polar surface area (TPSA) is 61.6 Å². The lowest BCUT2D eigenvalue weighted by Crippen LogP contribution is -2.46. The molecule has 0 aliphatic carbocycles. The Morgan fingerprint density at radius 2 is 1.96 bits per heavy atom. The van der Waals surface area contributed by atoms with Crippen LogP contribution in [0.1, 0.15) is 42.2 Å². The molecule has 1 fully saturated rings. The Morgan fingerprint density at radius 3 is 2.64 bits per heavy atom. The summed E-state index contributed by atoms with van der Waals surface area (Å²) < 4.78 is 19.1. The molecule has 7 heteroatoms. The van der Waals surface area contributed by atoms with Gasteiger partial charge in [-0.15, -0.1) is 0 Å². The lowest BCUT2D eigenvalue weighted by molar-refractivity contribution is 0.102. The Bertz CT molecular complexity index is 797. The van der Waals surface area contributed by atoms with E-state index < -0.39 is 5.91 Å². The second kappa shape index (κ2) is 9.30. The number of hydrogen-bond acceptors (Lipinski definition) is 5. The molecule has 1 aliphatic rings. The fourth-order valence-electron chi connectivity index (χ4n) is 3.16. The molecule has 28 heavy (non-hydrogen) atoms. The monoisotopic (exact) mass is 388 g/mol. The highest BCUT2D eigenvalue weighted by atomic mass is 19.1. The molecular weight excluding hydrogens is 359 g/mol. The number of aryl methyl sites for hydroxylation is 1. The first kappa shape index (κ1) is 20.5. The molecule has 2 aromatic rings. The van der Waals surface area contributed by atoms with Gasteiger partial charge in [0.15, 0.2) is 5.69 Å². The van der Waals surface area contributed by atoms with Gasteiger partial charge in [0.1, 0.15) is 12.1 Å². The Hall–Kier alpha value is -2.25. The van der Waals surface area contributed by atoms with Crippen LogP contribution < -0.4 is 5.32 Å². The Labute approximate surface area is 165 Å². The lowest BCUT2D eigenvalue weighted by Gasteiger charge is -2.34. The van der Waals surface area contributed by atoms with Gasteiger partial charge in [-0.25, -0.2) is 9.37 Å². The highest BCUT2D eigenvalue weighted by Crippen LogP contribution is 2.15. The average Bonchev–Trinajstić information content (AvgIpc) is 3.13. The molecule has 0 radical (unpaired) electrons. The van der Waals surface area contributed by atoms with E-state index in [0.29, 0.717) is 23.7 Å². The lowest BCUT2D eigenvalue weighted by atomic mass is 10.1. The first-order valence-electron chi connectivity index (χ1n) is 9.87. The van der Waals surface area contributed by atoms with Crippen LogP contribution in [0.3, 0.4) is 0 Å². The van der Waals surface area contributed by atoms with Crippen LogP contribution >= 0.6 is 0 Å². The molecule has 1 aliphatic heterocycles. The van der Waals surface area contributed by atoms with Crippen molar-refractivity contribution in [3.05, 3.63) is 47.4 Å². The van der Waals surface area contributed by atoms with Gasteiger partial charge in [-0.05, 0) is 43.5 Å². The number of benzene rings is 1. The predicted octanol–water partition coefficient (Wildman–Crippen LogP) is 3.54. The van der Waals surface area contributed by atoms with Crippen molar-refractivity contribution in [2.24, 2.45) is 5.92 Å². The molecule has 1 saturated heterocycles. The van der Waals surface area contributed by atoms with E-state index in [1.54, 1.807) is 19.1 Å². The summed E-state index contributed by atoms with van der Waals surface area (Å²) in [7, 11) is 0. The van der Waals surface area contributed by atoms with Gasteiger partial charge in [-0.3, -0.25) is 9.69 Å². The molecule has 6 nitrogen and oxygen atoms in total. The SMILES string of the molecule is Cc1ccc(NC(=O)c2coc(CN3CCN(CCC(C)C)CC3)n2)cc1F. The zero-order valence-corrected chi connectivity index (χ0v) is 16.9. The van der Waals surface area contributed by atoms with Crippen LogP contribution in [-0.4, -0.2) is 53.4 Å². The van der Waals surface area contributed by atoms with Crippen LogP contribution in [0.25, 0.3) is 0 Å². The van der Waals surface area contributed by atoms with Crippen molar-refractivity contribution in [1.82, 2.24) is 14.8 Å². The number of nitrogens with zero attached hydrogens (tertiary/aromatic N) is 3. The summed E-state index contributed by atoms with van der Waals surface area (Å²) in [6.45, 7) is 11.9. The molecule has 0 saturated carbocycles. The molecule has 1 amide bonds. The molecule has 3 rings (SSSR count). The van der Waals surface area contributed by atoms with Crippen LogP contribution in [0, 0.1) is 18.7 Å². The molecule has 2 heterocycles. The smallest absolute Gasteiger partial charge is 0.277 e. The van der Waals surface area contributed by atoms with Crippen molar-refractivity contribution in [3.63, 3.8) is 0 Å². The number of hydrogen-bond donors (Lipinski definition) is 1. The maximum absolute atomic E-state index is 13.6. The quantitative estimate of drug-likeness (QED) is 0.786. The van der Waals surface area contributed by atoms with Crippen LogP contribution in [0.4, 0.5) is 10.1 Å². The molecule has 1 N–H and O–H groups in total. The molecular formula is C21H29FN4O2. The van der Waals surface area contributed by atoms with Crippen molar-refractivity contribution < 1.29 is 13.6 Å². The minimum atomic E-state index is -0.406. The summed E-state index contributed by atoms with van der Waals surface area (Å²) in [6.07, 6.45) is 2.58. The van der Waals surface area contributed by atoms with Crippen LogP contribution in [0.5, 0.6) is 0 Å². The first-order valence-corrected chi connectivity index (χ1v) is 9.87. The van der Waals surface area contributed by atoms with Crippen LogP contribution in [0.2, 0.25) is 0 Å². The summed E-state index contributed by atoms with van der Waals surface area (Å²) in [5.74, 6) is 0.491. The van der Waals surface area contributed by atoms with E-state index in [0.717, 1.165) is 38.6 Å². The number of anilines is 1. The zero-order chi connectivity index (χ0) is 20.1. The van der Waals surface area contributed by atoms with Gasteiger partial charge in [-0.1, -0.05) is 19.9 Å². The van der Waals surface area contributed by atoms with E-state index in [2.05, 4.69) is 33.9 Å². The summed E-state index contributed by atoms with van der Waals surface area (Å²) in [5, 5.41) is 2.65. The van der Waals surface area contributed by atoms with Crippen molar-refractivity contribution in [1.29, 1.82) is 0 Å². The van der Waals surface area contributed by atoms with Gasteiger partial charge in [0, 0.05) is 31.9 Å². The van der Waals surface area contributed by atoms with E-state index in [9.17, 15) is 9.18 Å². The fourth-order valence-corrected chi connectivity index (χ4v) is 3.16. The van der Waals surface area contributed by atoms with E-state index in [4.69, 9.17) is 4.42 Å². The van der Waals surface area contributed by atoms with Gasteiger partial charge >= 0.3 is 0 Å². The minimum absolute atomic E-state index is 0.201. The van der Waals surface area contributed by atoms with Crippen LogP contribution in [0.15, 0.2) is 28.9 Å². The highest BCUT2D eigenvalue weighted by Gasteiger charge is 2.20. The number of nitrogens with one attached hydrogen (secondary N) is 1.